The van der Waals surface area contributed by atoms with E-state index in [0.717, 1.165) is 5.56 Å². The minimum absolute atomic E-state index is 0.112. The van der Waals surface area contributed by atoms with Gasteiger partial charge < -0.3 is 10.1 Å². The van der Waals surface area contributed by atoms with E-state index in [1.54, 1.807) is 25.3 Å². The SMILES string of the molecule is COc1ccccc1CC(=O)NCC(C)(C)c1ccccc1F. The summed E-state index contributed by atoms with van der Waals surface area (Å²) in [6, 6.07) is 14.1. The summed E-state index contributed by atoms with van der Waals surface area (Å²) in [5, 5.41) is 2.89. The van der Waals surface area contributed by atoms with Gasteiger partial charge in [0.2, 0.25) is 5.91 Å². The molecule has 0 aliphatic heterocycles. The van der Waals surface area contributed by atoms with E-state index in [2.05, 4.69) is 5.32 Å². The van der Waals surface area contributed by atoms with Crippen molar-refractivity contribution in [2.45, 2.75) is 25.7 Å². The van der Waals surface area contributed by atoms with Crippen LogP contribution in [0.15, 0.2) is 48.5 Å². The smallest absolute Gasteiger partial charge is 0.224 e. The Morgan fingerprint density at radius 1 is 1.13 bits per heavy atom. The van der Waals surface area contributed by atoms with Gasteiger partial charge in [0.05, 0.1) is 13.5 Å². The zero-order chi connectivity index (χ0) is 16.9. The number of nitrogens with one attached hydrogen (secondary N) is 1. The number of para-hydroxylation sites is 1. The van der Waals surface area contributed by atoms with Crippen LogP contribution < -0.4 is 10.1 Å². The highest BCUT2D eigenvalue weighted by molar-refractivity contribution is 5.79. The molecule has 2 aromatic rings. The van der Waals surface area contributed by atoms with Crippen LogP contribution in [-0.2, 0) is 16.6 Å². The third-order valence-corrected chi connectivity index (χ3v) is 3.87. The molecule has 1 amide bonds. The molecule has 122 valence electrons. The number of halogens is 1. The van der Waals surface area contributed by atoms with E-state index in [4.69, 9.17) is 4.74 Å². The molecular formula is C19H22FNO2. The van der Waals surface area contributed by atoms with Crippen molar-refractivity contribution in [1.82, 2.24) is 5.32 Å². The average molecular weight is 315 g/mol. The first-order valence-corrected chi connectivity index (χ1v) is 7.57. The number of hydrogen-bond acceptors (Lipinski definition) is 2. The predicted octanol–water partition coefficient (Wildman–Crippen LogP) is 3.47. The third-order valence-electron chi connectivity index (χ3n) is 3.87. The Hall–Kier alpha value is -2.36. The number of carbonyl (C=O) groups is 1. The van der Waals surface area contributed by atoms with Gasteiger partial charge in [-0.3, -0.25) is 4.79 Å². The summed E-state index contributed by atoms with van der Waals surface area (Å²) in [6.07, 6.45) is 0.233. The molecule has 2 aromatic carbocycles. The second-order valence-corrected chi connectivity index (χ2v) is 6.13. The summed E-state index contributed by atoms with van der Waals surface area (Å²) >= 11 is 0. The van der Waals surface area contributed by atoms with Crippen molar-refractivity contribution in [2.24, 2.45) is 0 Å². The van der Waals surface area contributed by atoms with Crippen molar-refractivity contribution in [2.75, 3.05) is 13.7 Å². The van der Waals surface area contributed by atoms with Crippen molar-refractivity contribution in [3.8, 4) is 5.75 Å². The molecule has 0 saturated carbocycles. The van der Waals surface area contributed by atoms with Crippen LogP contribution in [0, 0.1) is 5.82 Å². The fourth-order valence-corrected chi connectivity index (χ4v) is 2.51. The molecule has 0 aliphatic rings. The Morgan fingerprint density at radius 2 is 1.78 bits per heavy atom. The lowest BCUT2D eigenvalue weighted by Crippen LogP contribution is -2.38. The van der Waals surface area contributed by atoms with Gasteiger partial charge in [-0.25, -0.2) is 4.39 Å². The molecule has 0 radical (unpaired) electrons. The molecule has 1 N–H and O–H groups in total. The Labute approximate surface area is 136 Å². The largest absolute Gasteiger partial charge is 0.496 e. The fraction of sp³-hybridized carbons (Fsp3) is 0.316. The van der Waals surface area contributed by atoms with E-state index in [-0.39, 0.29) is 18.1 Å². The van der Waals surface area contributed by atoms with Gasteiger partial charge in [0.1, 0.15) is 11.6 Å². The van der Waals surface area contributed by atoms with Crippen molar-refractivity contribution in [3.63, 3.8) is 0 Å². The molecule has 0 unspecified atom stereocenters. The van der Waals surface area contributed by atoms with Crippen LogP contribution in [0.1, 0.15) is 25.0 Å². The molecule has 0 aliphatic carbocycles. The minimum Gasteiger partial charge on any atom is -0.496 e. The highest BCUT2D eigenvalue weighted by atomic mass is 19.1. The second kappa shape index (κ2) is 7.27. The normalized spacial score (nSPS) is 11.1. The van der Waals surface area contributed by atoms with Gasteiger partial charge in [0.25, 0.3) is 0 Å². The van der Waals surface area contributed by atoms with Crippen LogP contribution in [0.2, 0.25) is 0 Å². The van der Waals surface area contributed by atoms with Crippen LogP contribution >= 0.6 is 0 Å². The van der Waals surface area contributed by atoms with Crippen molar-refractivity contribution in [1.29, 1.82) is 0 Å². The second-order valence-electron chi connectivity index (χ2n) is 6.13. The molecule has 4 heteroatoms. The lowest BCUT2D eigenvalue weighted by atomic mass is 9.84. The molecule has 0 bridgehead atoms. The predicted molar refractivity (Wildman–Crippen MR) is 89.1 cm³/mol. The van der Waals surface area contributed by atoms with Gasteiger partial charge in [0, 0.05) is 17.5 Å². The molecular weight excluding hydrogens is 293 g/mol. The van der Waals surface area contributed by atoms with Crippen molar-refractivity contribution >= 4 is 5.91 Å². The van der Waals surface area contributed by atoms with Crippen LogP contribution in [0.5, 0.6) is 5.75 Å². The van der Waals surface area contributed by atoms with Gasteiger partial charge in [-0.15, -0.1) is 0 Å². The number of benzene rings is 2. The molecule has 0 saturated heterocycles. The maximum Gasteiger partial charge on any atom is 0.224 e. The molecule has 2 rings (SSSR count). The molecule has 23 heavy (non-hydrogen) atoms. The average Bonchev–Trinajstić information content (AvgIpc) is 2.54. The van der Waals surface area contributed by atoms with Gasteiger partial charge in [-0.05, 0) is 17.7 Å². The summed E-state index contributed by atoms with van der Waals surface area (Å²) in [5.74, 6) is 0.325. The molecule has 0 atom stereocenters. The number of methoxy groups -OCH3 is 1. The summed E-state index contributed by atoms with van der Waals surface area (Å²) < 4.78 is 19.2. The number of amides is 1. The van der Waals surface area contributed by atoms with Gasteiger partial charge >= 0.3 is 0 Å². The molecule has 0 aromatic heterocycles. The first kappa shape index (κ1) is 17.0. The first-order valence-electron chi connectivity index (χ1n) is 7.57. The maximum absolute atomic E-state index is 13.9. The number of carbonyl (C=O) groups excluding carboxylic acids is 1. The quantitative estimate of drug-likeness (QED) is 0.886. The number of hydrogen-bond donors (Lipinski definition) is 1. The Kier molecular flexibility index (Phi) is 5.37. The van der Waals surface area contributed by atoms with E-state index in [1.807, 2.05) is 38.1 Å². The third kappa shape index (κ3) is 4.31. The highest BCUT2D eigenvalue weighted by Crippen LogP contribution is 2.25. The highest BCUT2D eigenvalue weighted by Gasteiger charge is 2.24. The van der Waals surface area contributed by atoms with Crippen LogP contribution in [0.25, 0.3) is 0 Å². The topological polar surface area (TPSA) is 38.3 Å². The summed E-state index contributed by atoms with van der Waals surface area (Å²) in [4.78, 5) is 12.2. The summed E-state index contributed by atoms with van der Waals surface area (Å²) in [6.45, 7) is 4.19. The molecule has 3 nitrogen and oxygen atoms in total. The molecule has 0 fully saturated rings. The van der Waals surface area contributed by atoms with Crippen LogP contribution in [-0.4, -0.2) is 19.6 Å². The summed E-state index contributed by atoms with van der Waals surface area (Å²) in [5.41, 5.74) is 0.940. The lowest BCUT2D eigenvalue weighted by Gasteiger charge is -2.26. The lowest BCUT2D eigenvalue weighted by molar-refractivity contribution is -0.120. The van der Waals surface area contributed by atoms with Gasteiger partial charge in [-0.1, -0.05) is 50.2 Å². The van der Waals surface area contributed by atoms with Crippen molar-refractivity contribution in [3.05, 3.63) is 65.5 Å². The number of ether oxygens (including phenoxy) is 1. The van der Waals surface area contributed by atoms with Crippen LogP contribution in [0.4, 0.5) is 4.39 Å². The van der Waals surface area contributed by atoms with E-state index in [9.17, 15) is 9.18 Å². The van der Waals surface area contributed by atoms with E-state index >= 15 is 0 Å². The molecule has 0 heterocycles. The Bertz CT molecular complexity index is 683. The Morgan fingerprint density at radius 3 is 2.48 bits per heavy atom. The van der Waals surface area contributed by atoms with E-state index in [1.165, 1.54) is 6.07 Å². The fourth-order valence-electron chi connectivity index (χ4n) is 2.51. The van der Waals surface area contributed by atoms with E-state index < -0.39 is 5.41 Å². The zero-order valence-electron chi connectivity index (χ0n) is 13.7. The van der Waals surface area contributed by atoms with Gasteiger partial charge in [-0.2, -0.15) is 0 Å². The maximum atomic E-state index is 13.9. The minimum atomic E-state index is -0.484. The first-order chi connectivity index (χ1) is 10.9. The van der Waals surface area contributed by atoms with Crippen molar-refractivity contribution < 1.29 is 13.9 Å². The standard InChI is InChI=1S/C19H22FNO2/c1-19(2,15-9-5-6-10-16(15)20)13-21-18(22)12-14-8-4-7-11-17(14)23-3/h4-11H,12-13H2,1-3H3,(H,21,22). The summed E-state index contributed by atoms with van der Waals surface area (Å²) in [7, 11) is 1.58. The zero-order valence-corrected chi connectivity index (χ0v) is 13.7. The Balaban J connectivity index is 2.00. The van der Waals surface area contributed by atoms with Gasteiger partial charge in [0.15, 0.2) is 0 Å². The van der Waals surface area contributed by atoms with Crippen LogP contribution in [0.3, 0.4) is 0 Å². The van der Waals surface area contributed by atoms with E-state index in [0.29, 0.717) is 17.9 Å². The molecule has 0 spiro atoms. The number of rotatable bonds is 6. The monoisotopic (exact) mass is 315 g/mol.